The van der Waals surface area contributed by atoms with E-state index in [1.54, 1.807) is 6.08 Å². The average molecular weight is 341 g/mol. The largest absolute Gasteiger partial charge is 0.493 e. The fraction of sp³-hybridized carbons (Fsp3) is 0.231. The summed E-state index contributed by atoms with van der Waals surface area (Å²) in [6, 6.07) is 5.68. The van der Waals surface area contributed by atoms with Crippen LogP contribution in [-0.4, -0.2) is 17.7 Å². The summed E-state index contributed by atoms with van der Waals surface area (Å²) >= 11 is 4.59. The second kappa shape index (κ2) is 6.25. The molecule has 0 atom stereocenters. The fourth-order valence-electron chi connectivity index (χ4n) is 1.54. The van der Waals surface area contributed by atoms with Gasteiger partial charge in [0.2, 0.25) is 0 Å². The van der Waals surface area contributed by atoms with Crippen molar-refractivity contribution in [2.75, 3.05) is 6.61 Å². The molecule has 0 aromatic heterocycles. The number of aliphatic imine (C=N–C) groups is 1. The van der Waals surface area contributed by atoms with Crippen LogP contribution in [0.1, 0.15) is 18.9 Å². The highest BCUT2D eigenvalue weighted by Crippen LogP contribution is 2.31. The quantitative estimate of drug-likeness (QED) is 0.855. The summed E-state index contributed by atoms with van der Waals surface area (Å²) in [5, 5.41) is 0.280. The molecule has 0 aliphatic carbocycles. The Morgan fingerprint density at radius 1 is 1.53 bits per heavy atom. The molecule has 19 heavy (non-hydrogen) atoms. The molecule has 1 amide bonds. The number of ether oxygens (including phenoxy) is 1. The Bertz CT molecular complexity index is 570. The molecule has 0 saturated heterocycles. The minimum Gasteiger partial charge on any atom is -0.493 e. The van der Waals surface area contributed by atoms with Crippen molar-refractivity contribution in [1.82, 2.24) is 0 Å². The van der Waals surface area contributed by atoms with E-state index >= 15 is 0 Å². The molecule has 0 unspecified atom stereocenters. The number of benzene rings is 1. The first kappa shape index (κ1) is 14.1. The van der Waals surface area contributed by atoms with Gasteiger partial charge >= 0.3 is 0 Å². The van der Waals surface area contributed by atoms with Crippen LogP contribution in [0.2, 0.25) is 0 Å². The molecule has 0 radical (unpaired) electrons. The summed E-state index contributed by atoms with van der Waals surface area (Å²) in [6.45, 7) is 2.68. The molecule has 1 heterocycles. The van der Waals surface area contributed by atoms with E-state index < -0.39 is 0 Å². The molecule has 100 valence electrons. The van der Waals surface area contributed by atoms with E-state index in [1.807, 2.05) is 25.1 Å². The summed E-state index contributed by atoms with van der Waals surface area (Å²) in [4.78, 5) is 15.8. The minimum absolute atomic E-state index is 0.280. The monoisotopic (exact) mass is 340 g/mol. The Labute approximate surface area is 124 Å². The van der Waals surface area contributed by atoms with Crippen LogP contribution in [0.15, 0.2) is 32.6 Å². The molecule has 1 aromatic carbocycles. The topological polar surface area (TPSA) is 64.7 Å². The zero-order chi connectivity index (χ0) is 13.8. The van der Waals surface area contributed by atoms with Gasteiger partial charge in [-0.2, -0.15) is 4.99 Å². The lowest BCUT2D eigenvalue weighted by molar-refractivity contribution is -0.113. The molecule has 2 rings (SSSR count). The van der Waals surface area contributed by atoms with Crippen molar-refractivity contribution in [3.63, 3.8) is 0 Å². The van der Waals surface area contributed by atoms with Crippen molar-refractivity contribution in [3.8, 4) is 5.75 Å². The summed E-state index contributed by atoms with van der Waals surface area (Å²) in [5.74, 6) is 0.445. The molecule has 1 aliphatic rings. The van der Waals surface area contributed by atoms with Crippen LogP contribution >= 0.6 is 27.7 Å². The molecular formula is C13H13BrN2O2S. The molecule has 4 nitrogen and oxygen atoms in total. The van der Waals surface area contributed by atoms with Gasteiger partial charge in [0.15, 0.2) is 5.17 Å². The van der Waals surface area contributed by atoms with Crippen LogP contribution < -0.4 is 10.5 Å². The molecule has 2 N–H and O–H groups in total. The van der Waals surface area contributed by atoms with Gasteiger partial charge in [-0.05, 0) is 42.5 Å². The standard InChI is InChI=1S/C13H13BrN2O2S/c1-2-5-18-10-4-3-9(14)6-8(10)7-11-12(17)16-13(15)19-11/h3-4,6-7H,2,5H2,1H3,(H2,15,16,17)/b11-7-. The highest BCUT2D eigenvalue weighted by molar-refractivity contribution is 9.10. The molecule has 0 fully saturated rings. The van der Waals surface area contributed by atoms with Gasteiger partial charge in [0.05, 0.1) is 11.5 Å². The second-order valence-corrected chi connectivity index (χ2v) is 5.87. The van der Waals surface area contributed by atoms with Crippen LogP contribution in [0.5, 0.6) is 5.75 Å². The number of amidine groups is 1. The Balaban J connectivity index is 2.31. The van der Waals surface area contributed by atoms with Gasteiger partial charge in [0.25, 0.3) is 5.91 Å². The lowest BCUT2D eigenvalue weighted by Gasteiger charge is -2.09. The lowest BCUT2D eigenvalue weighted by atomic mass is 10.2. The third kappa shape index (κ3) is 3.61. The van der Waals surface area contributed by atoms with Gasteiger partial charge in [-0.15, -0.1) is 0 Å². The maximum absolute atomic E-state index is 11.6. The van der Waals surface area contributed by atoms with Gasteiger partial charge in [-0.1, -0.05) is 22.9 Å². The first-order chi connectivity index (χ1) is 9.10. The van der Waals surface area contributed by atoms with Crippen molar-refractivity contribution in [3.05, 3.63) is 33.1 Å². The Kier molecular flexibility index (Phi) is 4.66. The highest BCUT2D eigenvalue weighted by atomic mass is 79.9. The molecule has 1 aliphatic heterocycles. The smallest absolute Gasteiger partial charge is 0.286 e. The lowest BCUT2D eigenvalue weighted by Crippen LogP contribution is -2.01. The second-order valence-electron chi connectivity index (χ2n) is 3.90. The number of carbonyl (C=O) groups is 1. The van der Waals surface area contributed by atoms with Crippen molar-refractivity contribution in [2.24, 2.45) is 10.7 Å². The van der Waals surface area contributed by atoms with Crippen molar-refractivity contribution in [1.29, 1.82) is 0 Å². The molecule has 6 heteroatoms. The van der Waals surface area contributed by atoms with Crippen molar-refractivity contribution in [2.45, 2.75) is 13.3 Å². The number of halogens is 1. The predicted molar refractivity (Wildman–Crippen MR) is 82.1 cm³/mol. The van der Waals surface area contributed by atoms with Crippen LogP contribution in [0.3, 0.4) is 0 Å². The normalized spacial score (nSPS) is 16.8. The first-order valence-electron chi connectivity index (χ1n) is 5.80. The van der Waals surface area contributed by atoms with Gasteiger partial charge in [0.1, 0.15) is 5.75 Å². The number of hydrogen-bond donors (Lipinski definition) is 1. The minimum atomic E-state index is -0.302. The van der Waals surface area contributed by atoms with Crippen LogP contribution in [0, 0.1) is 0 Å². The Morgan fingerprint density at radius 3 is 2.95 bits per heavy atom. The third-order valence-corrected chi connectivity index (χ3v) is 3.66. The number of nitrogens with zero attached hydrogens (tertiary/aromatic N) is 1. The summed E-state index contributed by atoms with van der Waals surface area (Å²) in [6.07, 6.45) is 2.68. The summed E-state index contributed by atoms with van der Waals surface area (Å²) < 4.78 is 6.58. The number of amides is 1. The fourth-order valence-corrected chi connectivity index (χ4v) is 2.59. The van der Waals surface area contributed by atoms with E-state index in [0.29, 0.717) is 11.5 Å². The number of carbonyl (C=O) groups excluding carboxylic acids is 1. The average Bonchev–Trinajstić information content (AvgIpc) is 2.67. The van der Waals surface area contributed by atoms with Crippen LogP contribution in [0.4, 0.5) is 0 Å². The van der Waals surface area contributed by atoms with Crippen molar-refractivity contribution >= 4 is 44.8 Å². The highest BCUT2D eigenvalue weighted by Gasteiger charge is 2.20. The van der Waals surface area contributed by atoms with E-state index in [2.05, 4.69) is 20.9 Å². The van der Waals surface area contributed by atoms with Crippen LogP contribution in [0.25, 0.3) is 6.08 Å². The zero-order valence-electron chi connectivity index (χ0n) is 10.4. The third-order valence-electron chi connectivity index (χ3n) is 2.36. The van der Waals surface area contributed by atoms with E-state index in [0.717, 1.165) is 22.2 Å². The molecule has 0 spiro atoms. The van der Waals surface area contributed by atoms with Gasteiger partial charge in [0, 0.05) is 10.0 Å². The maximum atomic E-state index is 11.6. The van der Waals surface area contributed by atoms with Gasteiger partial charge < -0.3 is 10.5 Å². The number of hydrogen-bond acceptors (Lipinski definition) is 4. The Hall–Kier alpha value is -1.27. The SMILES string of the molecule is CCCOc1ccc(Br)cc1/C=C1\SC(N)=NC1=O. The van der Waals surface area contributed by atoms with Gasteiger partial charge in [-0.25, -0.2) is 0 Å². The van der Waals surface area contributed by atoms with E-state index in [4.69, 9.17) is 10.5 Å². The van der Waals surface area contributed by atoms with E-state index in [9.17, 15) is 4.79 Å². The summed E-state index contributed by atoms with van der Waals surface area (Å²) in [5.41, 5.74) is 6.36. The molecule has 0 bridgehead atoms. The van der Waals surface area contributed by atoms with Gasteiger partial charge in [-0.3, -0.25) is 4.79 Å². The zero-order valence-corrected chi connectivity index (χ0v) is 12.8. The maximum Gasteiger partial charge on any atom is 0.286 e. The first-order valence-corrected chi connectivity index (χ1v) is 7.41. The number of rotatable bonds is 4. The molecule has 0 saturated carbocycles. The van der Waals surface area contributed by atoms with E-state index in [-0.39, 0.29) is 11.1 Å². The number of nitrogens with two attached hydrogens (primary N) is 1. The van der Waals surface area contributed by atoms with Crippen LogP contribution in [-0.2, 0) is 4.79 Å². The molecule has 1 aromatic rings. The predicted octanol–water partition coefficient (Wildman–Crippen LogP) is 3.17. The summed E-state index contributed by atoms with van der Waals surface area (Å²) in [7, 11) is 0. The molecular weight excluding hydrogens is 328 g/mol. The van der Waals surface area contributed by atoms with E-state index in [1.165, 1.54) is 11.8 Å². The number of thioether (sulfide) groups is 1. The van der Waals surface area contributed by atoms with Crippen molar-refractivity contribution < 1.29 is 9.53 Å². The Morgan fingerprint density at radius 2 is 2.32 bits per heavy atom.